The molecule has 0 aromatic heterocycles. The minimum atomic E-state index is -1.04. The fourth-order valence-corrected chi connectivity index (χ4v) is 4.69. The van der Waals surface area contributed by atoms with Gasteiger partial charge in [0.05, 0.1) is 0 Å². The third kappa shape index (κ3) is 37.0. The van der Waals surface area contributed by atoms with Gasteiger partial charge < -0.3 is 15.2 Å². The molecule has 0 aromatic rings. The van der Waals surface area contributed by atoms with Crippen molar-refractivity contribution in [3.8, 4) is 0 Å². The monoisotopic (exact) mass is 678 g/mol. The molecule has 0 aliphatic carbocycles. The van der Waals surface area contributed by atoms with Gasteiger partial charge in [0.2, 0.25) is 5.91 Å². The molecule has 0 saturated heterocycles. The number of amides is 1. The van der Waals surface area contributed by atoms with E-state index >= 15 is 0 Å². The molecule has 0 aliphatic heterocycles. The highest BCUT2D eigenvalue weighted by Gasteiger charge is 2.11. The van der Waals surface area contributed by atoms with Gasteiger partial charge in [0.15, 0.2) is 0 Å². The van der Waals surface area contributed by atoms with E-state index < -0.39 is 5.97 Å². The van der Waals surface area contributed by atoms with E-state index in [-0.39, 0.29) is 24.5 Å². The molecule has 274 valence electrons. The zero-order valence-corrected chi connectivity index (χ0v) is 30.7. The van der Waals surface area contributed by atoms with E-state index in [1.807, 2.05) is 6.08 Å². The first-order valence-corrected chi connectivity index (χ1v) is 18.9. The Balaban J connectivity index is 4.22. The van der Waals surface area contributed by atoms with Crippen molar-refractivity contribution in [2.24, 2.45) is 0 Å². The topological polar surface area (TPSA) is 92.7 Å². The van der Waals surface area contributed by atoms with Crippen LogP contribution in [0.25, 0.3) is 0 Å². The summed E-state index contributed by atoms with van der Waals surface area (Å²) in [5.74, 6) is -1.42. The Morgan fingerprint density at radius 1 is 0.571 bits per heavy atom. The van der Waals surface area contributed by atoms with Crippen LogP contribution in [0.3, 0.4) is 0 Å². The molecule has 2 N–H and O–H groups in total. The lowest BCUT2D eigenvalue weighted by atomic mass is 10.1. The molecule has 0 saturated carbocycles. The molecule has 0 radical (unpaired) electrons. The Bertz CT molecular complexity index is 1060. The number of aliphatic carboxylic acids is 1. The van der Waals surface area contributed by atoms with Crippen LogP contribution >= 0.6 is 0 Å². The molecule has 0 rings (SSSR count). The van der Waals surface area contributed by atoms with Gasteiger partial charge in [-0.25, -0.2) is 0 Å². The number of nitrogens with one attached hydrogen (secondary N) is 1. The van der Waals surface area contributed by atoms with Gasteiger partial charge in [0.25, 0.3) is 0 Å². The Morgan fingerprint density at radius 3 is 1.61 bits per heavy atom. The zero-order valence-electron chi connectivity index (χ0n) is 30.7. The number of carboxylic acid groups (broad SMARTS) is 1. The molecule has 49 heavy (non-hydrogen) atoms. The SMILES string of the molecule is CC/C=C\C/C=C\C/C=C\C/C=C\C/C=C\C/C=C\CCCCC(=O)OC(/C=C\C/C=C\CCCC)CCCCCCC(=O)NCC(=O)O. The van der Waals surface area contributed by atoms with E-state index in [0.29, 0.717) is 19.3 Å². The molecule has 0 heterocycles. The van der Waals surface area contributed by atoms with Gasteiger partial charge in [-0.05, 0) is 96.0 Å². The Morgan fingerprint density at radius 2 is 1.06 bits per heavy atom. The van der Waals surface area contributed by atoms with E-state index in [9.17, 15) is 14.4 Å². The van der Waals surface area contributed by atoms with Gasteiger partial charge in [-0.15, -0.1) is 0 Å². The van der Waals surface area contributed by atoms with Crippen LogP contribution in [0.15, 0.2) is 97.2 Å². The summed E-state index contributed by atoms with van der Waals surface area (Å²) in [5, 5.41) is 11.0. The number of hydrogen-bond donors (Lipinski definition) is 2. The molecule has 1 atom stereocenters. The second-order valence-corrected chi connectivity index (χ2v) is 12.1. The minimum absolute atomic E-state index is 0.147. The molecular formula is C43H67NO5. The summed E-state index contributed by atoms with van der Waals surface area (Å²) in [4.78, 5) is 34.8. The summed E-state index contributed by atoms with van der Waals surface area (Å²) in [5.41, 5.74) is 0. The summed E-state index contributed by atoms with van der Waals surface area (Å²) in [7, 11) is 0. The molecule has 0 aliphatic rings. The van der Waals surface area contributed by atoms with Crippen molar-refractivity contribution in [2.45, 2.75) is 148 Å². The van der Waals surface area contributed by atoms with E-state index in [4.69, 9.17) is 9.84 Å². The molecule has 0 bridgehead atoms. The first kappa shape index (κ1) is 45.3. The average Bonchev–Trinajstić information content (AvgIpc) is 3.08. The zero-order chi connectivity index (χ0) is 35.9. The number of carbonyl (C=O) groups is 3. The second kappa shape index (κ2) is 37.2. The fourth-order valence-electron chi connectivity index (χ4n) is 4.69. The van der Waals surface area contributed by atoms with Gasteiger partial charge in [-0.1, -0.05) is 131 Å². The lowest BCUT2D eigenvalue weighted by Crippen LogP contribution is -2.28. The fraction of sp³-hybridized carbons (Fsp3) is 0.558. The molecule has 0 spiro atoms. The molecule has 6 heteroatoms. The van der Waals surface area contributed by atoms with Crippen LogP contribution in [0.1, 0.15) is 142 Å². The molecule has 1 amide bonds. The highest BCUT2D eigenvalue weighted by Crippen LogP contribution is 2.13. The number of unbranched alkanes of at least 4 members (excludes halogenated alkanes) is 7. The Kier molecular flexibility index (Phi) is 34.4. The van der Waals surface area contributed by atoms with Crippen molar-refractivity contribution in [3.63, 3.8) is 0 Å². The number of ether oxygens (including phenoxy) is 1. The number of rotatable bonds is 32. The molecule has 0 aromatic carbocycles. The number of carboxylic acids is 1. The third-order valence-corrected chi connectivity index (χ3v) is 7.47. The standard InChI is InChI=1S/C43H67NO5/c1-3-5-7-9-11-12-13-14-15-16-17-18-19-20-21-22-23-24-26-28-34-38-43(48)49-40(35-31-27-25-10-8-6-4-2)36-32-29-30-33-37-41(45)44-39-42(46)47/h5,7,10-12,14-15,17-18,20-21,23-25,31,35,40H,3-4,6,8-9,13,16,19,22,26-30,32-34,36-39H2,1-2H3,(H,44,45)(H,46,47)/b7-5-,12-11-,15-14-,18-17-,21-20-,24-23-,25-10-,35-31-. The van der Waals surface area contributed by atoms with Crippen LogP contribution in [0.4, 0.5) is 0 Å². The summed E-state index contributed by atoms with van der Waals surface area (Å²) in [6.45, 7) is 4.00. The number of allylic oxidation sites excluding steroid dienone is 15. The van der Waals surface area contributed by atoms with Crippen molar-refractivity contribution >= 4 is 17.8 Å². The Labute approximate surface area is 298 Å². The van der Waals surface area contributed by atoms with Crippen LogP contribution < -0.4 is 5.32 Å². The lowest BCUT2D eigenvalue weighted by Gasteiger charge is -2.14. The van der Waals surface area contributed by atoms with Crippen LogP contribution in [0.5, 0.6) is 0 Å². The van der Waals surface area contributed by atoms with Crippen molar-refractivity contribution < 1.29 is 24.2 Å². The first-order chi connectivity index (χ1) is 24.0. The summed E-state index contributed by atoms with van der Waals surface area (Å²) in [6.07, 6.45) is 52.6. The van der Waals surface area contributed by atoms with Crippen molar-refractivity contribution in [2.75, 3.05) is 6.54 Å². The molecule has 1 unspecified atom stereocenters. The molecule has 0 fully saturated rings. The third-order valence-electron chi connectivity index (χ3n) is 7.47. The summed E-state index contributed by atoms with van der Waals surface area (Å²) >= 11 is 0. The number of carbonyl (C=O) groups excluding carboxylic acids is 2. The predicted octanol–water partition coefficient (Wildman–Crippen LogP) is 11.4. The van der Waals surface area contributed by atoms with Gasteiger partial charge in [0.1, 0.15) is 12.6 Å². The number of hydrogen-bond acceptors (Lipinski definition) is 4. The first-order valence-electron chi connectivity index (χ1n) is 18.9. The predicted molar refractivity (Wildman–Crippen MR) is 207 cm³/mol. The normalized spacial score (nSPS) is 13.2. The van der Waals surface area contributed by atoms with Gasteiger partial charge in [-0.2, -0.15) is 0 Å². The lowest BCUT2D eigenvalue weighted by molar-refractivity contribution is -0.147. The van der Waals surface area contributed by atoms with Crippen molar-refractivity contribution in [1.29, 1.82) is 0 Å². The Hall–Kier alpha value is -3.67. The molecule has 6 nitrogen and oxygen atoms in total. The van der Waals surface area contributed by atoms with E-state index in [1.165, 1.54) is 12.8 Å². The summed E-state index contributed by atoms with van der Waals surface area (Å²) in [6, 6.07) is 0. The van der Waals surface area contributed by atoms with Crippen molar-refractivity contribution in [3.05, 3.63) is 97.2 Å². The van der Waals surface area contributed by atoms with E-state index in [0.717, 1.165) is 96.3 Å². The van der Waals surface area contributed by atoms with Crippen LogP contribution in [-0.2, 0) is 19.1 Å². The maximum Gasteiger partial charge on any atom is 0.322 e. The van der Waals surface area contributed by atoms with Crippen LogP contribution in [-0.4, -0.2) is 35.6 Å². The largest absolute Gasteiger partial charge is 0.480 e. The van der Waals surface area contributed by atoms with Crippen LogP contribution in [0.2, 0.25) is 0 Å². The van der Waals surface area contributed by atoms with E-state index in [2.05, 4.69) is 110 Å². The van der Waals surface area contributed by atoms with E-state index in [1.54, 1.807) is 0 Å². The van der Waals surface area contributed by atoms with Crippen molar-refractivity contribution in [1.82, 2.24) is 5.32 Å². The second-order valence-electron chi connectivity index (χ2n) is 12.1. The highest BCUT2D eigenvalue weighted by atomic mass is 16.5. The van der Waals surface area contributed by atoms with Gasteiger partial charge in [0, 0.05) is 12.8 Å². The smallest absolute Gasteiger partial charge is 0.322 e. The quantitative estimate of drug-likeness (QED) is 0.0420. The average molecular weight is 678 g/mol. The maximum absolute atomic E-state index is 12.6. The summed E-state index contributed by atoms with van der Waals surface area (Å²) < 4.78 is 5.83. The highest BCUT2D eigenvalue weighted by molar-refractivity contribution is 5.80. The van der Waals surface area contributed by atoms with Gasteiger partial charge >= 0.3 is 11.9 Å². The number of esters is 1. The molecular weight excluding hydrogens is 610 g/mol. The minimum Gasteiger partial charge on any atom is -0.480 e. The van der Waals surface area contributed by atoms with Crippen LogP contribution in [0, 0.1) is 0 Å². The maximum atomic E-state index is 12.6. The van der Waals surface area contributed by atoms with Gasteiger partial charge in [-0.3, -0.25) is 14.4 Å².